The third-order valence-corrected chi connectivity index (χ3v) is 3.84. The van der Waals surface area contributed by atoms with Gasteiger partial charge in [0.05, 0.1) is 23.8 Å². The van der Waals surface area contributed by atoms with Gasteiger partial charge in [-0.25, -0.2) is 4.98 Å². The molecule has 2 aromatic carbocycles. The summed E-state index contributed by atoms with van der Waals surface area (Å²) in [6.45, 7) is 1.89. The SMILES string of the molecule is COc1ccc(Nc2cc(C)nc(Nc3ccc(C#N)cc3)n2)cc1Cl. The number of nitrogens with zero attached hydrogens (tertiary/aromatic N) is 3. The van der Waals surface area contributed by atoms with Gasteiger partial charge in [-0.1, -0.05) is 11.6 Å². The third-order valence-electron chi connectivity index (χ3n) is 3.55. The van der Waals surface area contributed by atoms with E-state index in [0.717, 1.165) is 17.1 Å². The van der Waals surface area contributed by atoms with Crippen LogP contribution in [-0.4, -0.2) is 17.1 Å². The zero-order chi connectivity index (χ0) is 18.5. The molecule has 130 valence electrons. The summed E-state index contributed by atoms with van der Waals surface area (Å²) >= 11 is 6.16. The first kappa shape index (κ1) is 17.5. The van der Waals surface area contributed by atoms with Crippen LogP contribution in [0.3, 0.4) is 0 Å². The first-order chi connectivity index (χ1) is 12.6. The average Bonchev–Trinajstić information content (AvgIpc) is 2.62. The summed E-state index contributed by atoms with van der Waals surface area (Å²) < 4.78 is 5.16. The molecule has 1 aromatic heterocycles. The van der Waals surface area contributed by atoms with Crippen molar-refractivity contribution in [2.24, 2.45) is 0 Å². The number of hydrogen-bond donors (Lipinski definition) is 2. The lowest BCUT2D eigenvalue weighted by Crippen LogP contribution is -2.02. The Labute approximate surface area is 156 Å². The van der Waals surface area contributed by atoms with E-state index in [-0.39, 0.29) is 0 Å². The summed E-state index contributed by atoms with van der Waals surface area (Å²) in [5.74, 6) is 1.70. The number of ether oxygens (including phenoxy) is 1. The molecule has 0 fully saturated rings. The van der Waals surface area contributed by atoms with E-state index in [2.05, 4.69) is 26.7 Å². The third kappa shape index (κ3) is 4.21. The van der Waals surface area contributed by atoms with Gasteiger partial charge in [-0.3, -0.25) is 0 Å². The highest BCUT2D eigenvalue weighted by Crippen LogP contribution is 2.28. The molecule has 1 heterocycles. The number of nitrogens with one attached hydrogen (secondary N) is 2. The second kappa shape index (κ2) is 7.72. The highest BCUT2D eigenvalue weighted by Gasteiger charge is 2.06. The van der Waals surface area contributed by atoms with Crippen molar-refractivity contribution in [3.8, 4) is 11.8 Å². The molecule has 0 atom stereocenters. The number of aromatic nitrogens is 2. The zero-order valence-electron chi connectivity index (χ0n) is 14.2. The summed E-state index contributed by atoms with van der Waals surface area (Å²) in [6, 6.07) is 16.4. The Morgan fingerprint density at radius 3 is 2.38 bits per heavy atom. The molecule has 2 N–H and O–H groups in total. The van der Waals surface area contributed by atoms with Gasteiger partial charge in [0.1, 0.15) is 11.6 Å². The van der Waals surface area contributed by atoms with E-state index in [0.29, 0.717) is 28.1 Å². The van der Waals surface area contributed by atoms with E-state index in [1.807, 2.05) is 19.1 Å². The van der Waals surface area contributed by atoms with E-state index in [9.17, 15) is 0 Å². The van der Waals surface area contributed by atoms with E-state index in [4.69, 9.17) is 21.6 Å². The number of aryl methyl sites for hydroxylation is 1. The fourth-order valence-corrected chi connectivity index (χ4v) is 2.60. The lowest BCUT2D eigenvalue weighted by Gasteiger charge is -2.11. The quantitative estimate of drug-likeness (QED) is 0.675. The fraction of sp³-hybridized carbons (Fsp3) is 0.105. The molecular formula is C19H16ClN5O. The van der Waals surface area contributed by atoms with Gasteiger partial charge in [-0.05, 0) is 49.4 Å². The van der Waals surface area contributed by atoms with Crippen LogP contribution in [0.15, 0.2) is 48.5 Å². The summed E-state index contributed by atoms with van der Waals surface area (Å²) in [5, 5.41) is 15.7. The van der Waals surface area contributed by atoms with Gasteiger partial charge in [-0.15, -0.1) is 0 Å². The van der Waals surface area contributed by atoms with Crippen molar-refractivity contribution in [1.82, 2.24) is 9.97 Å². The maximum absolute atomic E-state index is 8.86. The first-order valence-electron chi connectivity index (χ1n) is 7.81. The molecule has 0 bridgehead atoms. The molecule has 0 spiro atoms. The molecular weight excluding hydrogens is 350 g/mol. The van der Waals surface area contributed by atoms with Crippen molar-refractivity contribution in [2.75, 3.05) is 17.7 Å². The van der Waals surface area contributed by atoms with Crippen molar-refractivity contribution in [3.63, 3.8) is 0 Å². The molecule has 0 aliphatic rings. The predicted molar refractivity (Wildman–Crippen MR) is 102 cm³/mol. The summed E-state index contributed by atoms with van der Waals surface area (Å²) in [7, 11) is 1.57. The van der Waals surface area contributed by atoms with E-state index >= 15 is 0 Å². The minimum absolute atomic E-state index is 0.455. The van der Waals surface area contributed by atoms with Crippen LogP contribution in [0, 0.1) is 18.3 Å². The Kier molecular flexibility index (Phi) is 5.20. The Morgan fingerprint density at radius 2 is 1.73 bits per heavy atom. The van der Waals surface area contributed by atoms with Crippen LogP contribution in [0.25, 0.3) is 0 Å². The van der Waals surface area contributed by atoms with Gasteiger partial charge in [0.2, 0.25) is 5.95 Å². The highest BCUT2D eigenvalue weighted by molar-refractivity contribution is 6.32. The Balaban J connectivity index is 1.80. The molecule has 0 saturated heterocycles. The van der Waals surface area contributed by atoms with Crippen molar-refractivity contribution < 1.29 is 4.74 Å². The molecule has 0 saturated carbocycles. The summed E-state index contributed by atoms with van der Waals surface area (Å²) in [5.41, 5.74) is 2.99. The fourth-order valence-electron chi connectivity index (χ4n) is 2.34. The van der Waals surface area contributed by atoms with Gasteiger partial charge >= 0.3 is 0 Å². The minimum atomic E-state index is 0.455. The van der Waals surface area contributed by atoms with Crippen molar-refractivity contribution in [3.05, 3.63) is 64.8 Å². The second-order valence-electron chi connectivity index (χ2n) is 5.51. The van der Waals surface area contributed by atoms with Crippen LogP contribution < -0.4 is 15.4 Å². The van der Waals surface area contributed by atoms with Gasteiger partial charge < -0.3 is 15.4 Å². The van der Waals surface area contributed by atoms with E-state index < -0.39 is 0 Å². The Morgan fingerprint density at radius 1 is 1.00 bits per heavy atom. The molecule has 3 rings (SSSR count). The minimum Gasteiger partial charge on any atom is -0.495 e. The second-order valence-corrected chi connectivity index (χ2v) is 5.91. The zero-order valence-corrected chi connectivity index (χ0v) is 15.0. The maximum atomic E-state index is 8.86. The van der Waals surface area contributed by atoms with Crippen LogP contribution in [-0.2, 0) is 0 Å². The van der Waals surface area contributed by atoms with Crippen LogP contribution in [0.2, 0.25) is 5.02 Å². The van der Waals surface area contributed by atoms with Gasteiger partial charge in [-0.2, -0.15) is 10.2 Å². The molecule has 26 heavy (non-hydrogen) atoms. The molecule has 0 aliphatic carbocycles. The molecule has 7 heteroatoms. The number of anilines is 4. The molecule has 0 unspecified atom stereocenters. The topological polar surface area (TPSA) is 82.9 Å². The standard InChI is InChI=1S/C19H16ClN5O/c1-12-9-18(23-15-7-8-17(26-2)16(20)10-15)25-19(22-12)24-14-5-3-13(11-21)4-6-14/h3-10H,1-2H3,(H2,22,23,24,25). The maximum Gasteiger partial charge on any atom is 0.229 e. The molecule has 0 aliphatic heterocycles. The van der Waals surface area contributed by atoms with Gasteiger partial charge in [0.25, 0.3) is 0 Å². The number of benzene rings is 2. The molecule has 3 aromatic rings. The predicted octanol–water partition coefficient (Wildman–Crippen LogP) is 4.81. The first-order valence-corrected chi connectivity index (χ1v) is 8.18. The smallest absolute Gasteiger partial charge is 0.229 e. The van der Waals surface area contributed by atoms with Gasteiger partial charge in [0.15, 0.2) is 0 Å². The largest absolute Gasteiger partial charge is 0.495 e. The van der Waals surface area contributed by atoms with Crippen LogP contribution >= 0.6 is 11.6 Å². The van der Waals surface area contributed by atoms with Crippen LogP contribution in [0.1, 0.15) is 11.3 Å². The summed E-state index contributed by atoms with van der Waals surface area (Å²) in [6.07, 6.45) is 0. The normalized spacial score (nSPS) is 10.1. The number of hydrogen-bond acceptors (Lipinski definition) is 6. The van der Waals surface area contributed by atoms with Crippen molar-refractivity contribution in [1.29, 1.82) is 5.26 Å². The van der Waals surface area contributed by atoms with Crippen molar-refractivity contribution >= 4 is 34.7 Å². The number of halogens is 1. The Hall–Kier alpha value is -3.30. The van der Waals surface area contributed by atoms with Gasteiger partial charge in [0, 0.05) is 23.1 Å². The van der Waals surface area contributed by atoms with Crippen LogP contribution in [0.4, 0.5) is 23.1 Å². The van der Waals surface area contributed by atoms with E-state index in [1.54, 1.807) is 43.5 Å². The van der Waals surface area contributed by atoms with Crippen molar-refractivity contribution in [2.45, 2.75) is 6.92 Å². The lowest BCUT2D eigenvalue weighted by atomic mass is 10.2. The number of nitriles is 1. The van der Waals surface area contributed by atoms with Crippen LogP contribution in [0.5, 0.6) is 5.75 Å². The molecule has 0 amide bonds. The average molecular weight is 366 g/mol. The number of rotatable bonds is 5. The Bertz CT molecular complexity index is 967. The molecule has 6 nitrogen and oxygen atoms in total. The van der Waals surface area contributed by atoms with E-state index in [1.165, 1.54) is 0 Å². The molecule has 0 radical (unpaired) electrons. The number of methoxy groups -OCH3 is 1. The monoisotopic (exact) mass is 365 g/mol. The highest BCUT2D eigenvalue weighted by atomic mass is 35.5. The summed E-state index contributed by atoms with van der Waals surface area (Å²) in [4.78, 5) is 8.85. The lowest BCUT2D eigenvalue weighted by molar-refractivity contribution is 0.415.